The summed E-state index contributed by atoms with van der Waals surface area (Å²) in [6, 6.07) is 0.439. The van der Waals surface area contributed by atoms with Gasteiger partial charge < -0.3 is 10.2 Å². The molecule has 1 aromatic heterocycles. The third-order valence-electron chi connectivity index (χ3n) is 2.95. The molecule has 5 heteroatoms. The minimum absolute atomic E-state index is 0.0800. The van der Waals surface area contributed by atoms with Crippen molar-refractivity contribution < 1.29 is 4.79 Å². The van der Waals surface area contributed by atoms with E-state index in [1.165, 1.54) is 0 Å². The molecular formula is C11H18N4O. The number of hydrogen-bond acceptors (Lipinski definition) is 3. The van der Waals surface area contributed by atoms with Gasteiger partial charge in [0.05, 0.1) is 11.8 Å². The fraction of sp³-hybridized carbons (Fsp3) is 0.636. The largest absolute Gasteiger partial charge is 0.337 e. The number of nitrogens with one attached hydrogen (secondary N) is 2. The standard InChI is InChI=1S/C11H18N4O/c1-2-12-10-4-3-5-15(8-10)11(16)9-6-13-14-7-9/h6-7,10,12H,2-5,8H2,1H3,(H,13,14). The number of aromatic amines is 1. The molecule has 2 N–H and O–H groups in total. The summed E-state index contributed by atoms with van der Waals surface area (Å²) >= 11 is 0. The first-order valence-electron chi connectivity index (χ1n) is 5.82. The summed E-state index contributed by atoms with van der Waals surface area (Å²) in [4.78, 5) is 14.0. The highest BCUT2D eigenvalue weighted by molar-refractivity contribution is 5.93. The van der Waals surface area contributed by atoms with E-state index in [0.29, 0.717) is 11.6 Å². The van der Waals surface area contributed by atoms with Crippen molar-refractivity contribution in [2.45, 2.75) is 25.8 Å². The number of carbonyl (C=O) groups excluding carboxylic acids is 1. The Morgan fingerprint density at radius 2 is 2.62 bits per heavy atom. The van der Waals surface area contributed by atoms with Gasteiger partial charge in [-0.05, 0) is 19.4 Å². The molecule has 0 aromatic carbocycles. The van der Waals surface area contributed by atoms with Crippen LogP contribution in [-0.4, -0.2) is 46.7 Å². The Morgan fingerprint density at radius 3 is 3.31 bits per heavy atom. The number of likely N-dealkylation sites (N-methyl/N-ethyl adjacent to an activating group) is 1. The van der Waals surface area contributed by atoms with E-state index in [1.54, 1.807) is 12.4 Å². The molecule has 1 fully saturated rings. The molecule has 2 heterocycles. The van der Waals surface area contributed by atoms with E-state index < -0.39 is 0 Å². The lowest BCUT2D eigenvalue weighted by molar-refractivity contribution is 0.0696. The van der Waals surface area contributed by atoms with E-state index in [9.17, 15) is 4.79 Å². The zero-order valence-corrected chi connectivity index (χ0v) is 9.57. The normalized spacial score (nSPS) is 21.1. The second-order valence-corrected chi connectivity index (χ2v) is 4.13. The third kappa shape index (κ3) is 2.41. The van der Waals surface area contributed by atoms with Gasteiger partial charge in [0, 0.05) is 25.3 Å². The van der Waals surface area contributed by atoms with Crippen molar-refractivity contribution >= 4 is 5.91 Å². The first-order valence-corrected chi connectivity index (χ1v) is 5.82. The van der Waals surface area contributed by atoms with Gasteiger partial charge in [0.2, 0.25) is 0 Å². The predicted molar refractivity (Wildman–Crippen MR) is 61.2 cm³/mol. The number of nitrogens with zero attached hydrogens (tertiary/aromatic N) is 2. The predicted octanol–water partition coefficient (Wildman–Crippen LogP) is 0.624. The third-order valence-corrected chi connectivity index (χ3v) is 2.95. The number of aromatic nitrogens is 2. The molecule has 0 bridgehead atoms. The van der Waals surface area contributed by atoms with Gasteiger partial charge in [-0.1, -0.05) is 6.92 Å². The monoisotopic (exact) mass is 222 g/mol. The highest BCUT2D eigenvalue weighted by Crippen LogP contribution is 2.13. The molecule has 1 aliphatic heterocycles. The van der Waals surface area contributed by atoms with Crippen LogP contribution in [0.2, 0.25) is 0 Å². The molecule has 88 valence electrons. The van der Waals surface area contributed by atoms with Gasteiger partial charge in [0.15, 0.2) is 0 Å². The SMILES string of the molecule is CCNC1CCCN(C(=O)c2cn[nH]c2)C1. The van der Waals surface area contributed by atoms with Crippen LogP contribution in [0.25, 0.3) is 0 Å². The number of piperidine rings is 1. The van der Waals surface area contributed by atoms with E-state index in [2.05, 4.69) is 22.4 Å². The molecule has 0 aliphatic carbocycles. The number of rotatable bonds is 3. The minimum atomic E-state index is 0.0800. The van der Waals surface area contributed by atoms with Crippen LogP contribution in [0.3, 0.4) is 0 Å². The van der Waals surface area contributed by atoms with Crippen LogP contribution in [0.15, 0.2) is 12.4 Å². The van der Waals surface area contributed by atoms with Gasteiger partial charge >= 0.3 is 0 Å². The fourth-order valence-corrected chi connectivity index (χ4v) is 2.17. The summed E-state index contributed by atoms with van der Waals surface area (Å²) < 4.78 is 0. The quantitative estimate of drug-likeness (QED) is 0.788. The van der Waals surface area contributed by atoms with Crippen LogP contribution in [0.5, 0.6) is 0 Å². The zero-order chi connectivity index (χ0) is 11.4. The van der Waals surface area contributed by atoms with Crippen molar-refractivity contribution in [2.24, 2.45) is 0 Å². The molecule has 1 amide bonds. The summed E-state index contributed by atoms with van der Waals surface area (Å²) in [5.41, 5.74) is 0.650. The Bertz CT molecular complexity index is 334. The Kier molecular flexibility index (Phi) is 3.56. The van der Waals surface area contributed by atoms with Gasteiger partial charge in [-0.3, -0.25) is 9.89 Å². The molecule has 1 aromatic rings. The van der Waals surface area contributed by atoms with Crippen molar-refractivity contribution in [3.05, 3.63) is 18.0 Å². The Hall–Kier alpha value is -1.36. The Balaban J connectivity index is 1.96. The number of carbonyl (C=O) groups is 1. The molecular weight excluding hydrogens is 204 g/mol. The van der Waals surface area contributed by atoms with Gasteiger partial charge in [-0.15, -0.1) is 0 Å². The first-order chi connectivity index (χ1) is 7.81. The topological polar surface area (TPSA) is 61.0 Å². The van der Waals surface area contributed by atoms with Gasteiger partial charge in [0.25, 0.3) is 5.91 Å². The summed E-state index contributed by atoms with van der Waals surface area (Å²) in [5, 5.41) is 9.88. The lowest BCUT2D eigenvalue weighted by Crippen LogP contribution is -2.47. The molecule has 5 nitrogen and oxygen atoms in total. The van der Waals surface area contributed by atoms with Crippen molar-refractivity contribution in [2.75, 3.05) is 19.6 Å². The lowest BCUT2D eigenvalue weighted by atomic mass is 10.1. The molecule has 16 heavy (non-hydrogen) atoms. The van der Waals surface area contributed by atoms with E-state index in [4.69, 9.17) is 0 Å². The van der Waals surface area contributed by atoms with Crippen molar-refractivity contribution in [3.63, 3.8) is 0 Å². The average Bonchev–Trinajstić information content (AvgIpc) is 2.82. The number of H-pyrrole nitrogens is 1. The maximum Gasteiger partial charge on any atom is 0.257 e. The lowest BCUT2D eigenvalue weighted by Gasteiger charge is -2.32. The second kappa shape index (κ2) is 5.12. The van der Waals surface area contributed by atoms with Gasteiger partial charge in [0.1, 0.15) is 0 Å². The summed E-state index contributed by atoms with van der Waals surface area (Å²) in [6.07, 6.45) is 5.46. The molecule has 1 atom stereocenters. The summed E-state index contributed by atoms with van der Waals surface area (Å²) in [6.45, 7) is 4.71. The number of hydrogen-bond donors (Lipinski definition) is 2. The first kappa shape index (κ1) is 11.1. The summed E-state index contributed by atoms with van der Waals surface area (Å²) in [7, 11) is 0. The zero-order valence-electron chi connectivity index (χ0n) is 9.57. The molecule has 1 unspecified atom stereocenters. The van der Waals surface area contributed by atoms with E-state index in [0.717, 1.165) is 32.5 Å². The molecule has 1 aliphatic rings. The van der Waals surface area contributed by atoms with E-state index in [-0.39, 0.29) is 5.91 Å². The number of likely N-dealkylation sites (tertiary alicyclic amines) is 1. The van der Waals surface area contributed by atoms with Crippen LogP contribution >= 0.6 is 0 Å². The Labute approximate surface area is 95.2 Å². The smallest absolute Gasteiger partial charge is 0.257 e. The van der Waals surface area contributed by atoms with Crippen LogP contribution in [-0.2, 0) is 0 Å². The van der Waals surface area contributed by atoms with Crippen molar-refractivity contribution in [1.29, 1.82) is 0 Å². The molecule has 0 saturated carbocycles. The average molecular weight is 222 g/mol. The second-order valence-electron chi connectivity index (χ2n) is 4.13. The molecule has 0 radical (unpaired) electrons. The minimum Gasteiger partial charge on any atom is -0.337 e. The highest BCUT2D eigenvalue weighted by atomic mass is 16.2. The molecule has 0 spiro atoms. The van der Waals surface area contributed by atoms with Crippen LogP contribution in [0, 0.1) is 0 Å². The Morgan fingerprint density at radius 1 is 1.75 bits per heavy atom. The van der Waals surface area contributed by atoms with E-state index >= 15 is 0 Å². The summed E-state index contributed by atoms with van der Waals surface area (Å²) in [5.74, 6) is 0.0800. The molecule has 2 rings (SSSR count). The fourth-order valence-electron chi connectivity index (χ4n) is 2.17. The van der Waals surface area contributed by atoms with E-state index in [1.807, 2.05) is 4.90 Å². The maximum atomic E-state index is 12.0. The van der Waals surface area contributed by atoms with Gasteiger partial charge in [-0.25, -0.2) is 0 Å². The van der Waals surface area contributed by atoms with Crippen LogP contribution < -0.4 is 5.32 Å². The van der Waals surface area contributed by atoms with Gasteiger partial charge in [-0.2, -0.15) is 5.10 Å². The van der Waals surface area contributed by atoms with Crippen LogP contribution in [0.4, 0.5) is 0 Å². The highest BCUT2D eigenvalue weighted by Gasteiger charge is 2.24. The van der Waals surface area contributed by atoms with Crippen molar-refractivity contribution in [1.82, 2.24) is 20.4 Å². The van der Waals surface area contributed by atoms with Crippen LogP contribution in [0.1, 0.15) is 30.1 Å². The number of amides is 1. The maximum absolute atomic E-state index is 12.0. The molecule has 1 saturated heterocycles. The van der Waals surface area contributed by atoms with Crippen molar-refractivity contribution in [3.8, 4) is 0 Å².